The molecule has 2 N–H and O–H groups in total. The fourth-order valence-corrected chi connectivity index (χ4v) is 2.68. The molecule has 0 spiro atoms. The molecule has 0 aliphatic heterocycles. The van der Waals surface area contributed by atoms with E-state index in [-0.39, 0.29) is 18.5 Å². The van der Waals surface area contributed by atoms with Crippen molar-refractivity contribution in [2.24, 2.45) is 0 Å². The van der Waals surface area contributed by atoms with E-state index in [4.69, 9.17) is 5.11 Å². The summed E-state index contributed by atoms with van der Waals surface area (Å²) in [5.74, 6) is -1.01. The van der Waals surface area contributed by atoms with Crippen molar-refractivity contribution >= 4 is 22.8 Å². The number of nitrogens with zero attached hydrogens (tertiary/aromatic N) is 1. The van der Waals surface area contributed by atoms with Gasteiger partial charge in [-0.3, -0.25) is 9.59 Å². The Morgan fingerprint density at radius 1 is 1.29 bits per heavy atom. The highest BCUT2D eigenvalue weighted by Gasteiger charge is 2.33. The minimum absolute atomic E-state index is 0.0646. The average molecular weight is 286 g/mol. The monoisotopic (exact) mass is 286 g/mol. The average Bonchev–Trinajstić information content (AvgIpc) is 3.23. The van der Waals surface area contributed by atoms with Crippen molar-refractivity contribution in [3.05, 3.63) is 36.0 Å². The van der Waals surface area contributed by atoms with Crippen LogP contribution in [-0.2, 0) is 16.0 Å². The van der Waals surface area contributed by atoms with Gasteiger partial charge in [0.1, 0.15) is 6.54 Å². The van der Waals surface area contributed by atoms with Crippen molar-refractivity contribution in [3.8, 4) is 0 Å². The number of aliphatic carboxylic acids is 1. The van der Waals surface area contributed by atoms with E-state index >= 15 is 0 Å². The van der Waals surface area contributed by atoms with Crippen LogP contribution in [0.3, 0.4) is 0 Å². The molecule has 1 amide bonds. The zero-order valence-corrected chi connectivity index (χ0v) is 11.7. The van der Waals surface area contributed by atoms with Crippen LogP contribution in [0.1, 0.15) is 24.8 Å². The van der Waals surface area contributed by atoms with E-state index in [1.54, 1.807) is 0 Å². The number of rotatable bonds is 6. The topological polar surface area (TPSA) is 73.4 Å². The van der Waals surface area contributed by atoms with Crippen LogP contribution in [0.25, 0.3) is 10.9 Å². The smallest absolute Gasteiger partial charge is 0.323 e. The molecule has 2 aromatic rings. The first-order valence-corrected chi connectivity index (χ1v) is 7.21. The van der Waals surface area contributed by atoms with Gasteiger partial charge < -0.3 is 15.0 Å². The maximum Gasteiger partial charge on any atom is 0.323 e. The summed E-state index contributed by atoms with van der Waals surface area (Å²) >= 11 is 0. The van der Waals surface area contributed by atoms with Gasteiger partial charge >= 0.3 is 5.97 Å². The number of nitrogens with one attached hydrogen (secondary N) is 1. The van der Waals surface area contributed by atoms with Gasteiger partial charge in [0.25, 0.3) is 0 Å². The van der Waals surface area contributed by atoms with E-state index in [1.807, 2.05) is 30.5 Å². The highest BCUT2D eigenvalue weighted by atomic mass is 16.4. The molecule has 1 aliphatic carbocycles. The largest absolute Gasteiger partial charge is 0.480 e. The first-order valence-electron chi connectivity index (χ1n) is 7.21. The summed E-state index contributed by atoms with van der Waals surface area (Å²) in [6, 6.07) is 8.11. The van der Waals surface area contributed by atoms with Gasteiger partial charge in [-0.05, 0) is 30.9 Å². The van der Waals surface area contributed by atoms with Gasteiger partial charge in [0.15, 0.2) is 0 Å². The van der Waals surface area contributed by atoms with Gasteiger partial charge in [-0.1, -0.05) is 18.2 Å². The highest BCUT2D eigenvalue weighted by molar-refractivity contribution is 5.85. The van der Waals surface area contributed by atoms with E-state index < -0.39 is 5.97 Å². The Bertz CT molecular complexity index is 673. The van der Waals surface area contributed by atoms with Crippen molar-refractivity contribution in [2.75, 3.05) is 6.54 Å². The fraction of sp³-hybridized carbons (Fsp3) is 0.375. The molecule has 21 heavy (non-hydrogen) atoms. The number of carbonyl (C=O) groups is 2. The van der Waals surface area contributed by atoms with Gasteiger partial charge in [0.2, 0.25) is 5.91 Å². The Labute approximate surface area is 122 Å². The summed E-state index contributed by atoms with van der Waals surface area (Å²) in [6.45, 7) is -0.183. The number of amides is 1. The lowest BCUT2D eigenvalue weighted by Crippen LogP contribution is -2.37. The molecular weight excluding hydrogens is 268 g/mol. The van der Waals surface area contributed by atoms with Crippen LogP contribution in [0.5, 0.6) is 0 Å². The van der Waals surface area contributed by atoms with Crippen LogP contribution in [0.4, 0.5) is 0 Å². The number of fused-ring (bicyclic) bond motifs is 1. The number of aryl methyl sites for hydroxylation is 1. The van der Waals surface area contributed by atoms with Crippen LogP contribution >= 0.6 is 0 Å². The SMILES string of the molecule is O=C(O)CN(C(=O)CCc1c[nH]c2ccccc12)C1CC1. The molecule has 0 bridgehead atoms. The molecule has 1 heterocycles. The summed E-state index contributed by atoms with van der Waals surface area (Å²) < 4.78 is 0. The molecule has 5 heteroatoms. The summed E-state index contributed by atoms with van der Waals surface area (Å²) in [5, 5.41) is 10.0. The summed E-state index contributed by atoms with van der Waals surface area (Å²) in [5.41, 5.74) is 2.16. The van der Waals surface area contributed by atoms with Crippen molar-refractivity contribution in [2.45, 2.75) is 31.7 Å². The van der Waals surface area contributed by atoms with Crippen LogP contribution in [0, 0.1) is 0 Å². The molecule has 110 valence electrons. The normalized spacial score (nSPS) is 14.3. The molecule has 1 fully saturated rings. The van der Waals surface area contributed by atoms with Crippen LogP contribution < -0.4 is 0 Å². The minimum atomic E-state index is -0.942. The predicted octanol–water partition coefficient (Wildman–Crippen LogP) is 2.18. The minimum Gasteiger partial charge on any atom is -0.480 e. The second-order valence-corrected chi connectivity index (χ2v) is 5.51. The number of H-pyrrole nitrogens is 1. The van der Waals surface area contributed by atoms with E-state index in [2.05, 4.69) is 4.98 Å². The molecule has 0 unspecified atom stereocenters. The Balaban J connectivity index is 1.66. The predicted molar refractivity (Wildman–Crippen MR) is 79.0 cm³/mol. The molecule has 1 aromatic heterocycles. The third-order valence-corrected chi connectivity index (χ3v) is 3.90. The zero-order chi connectivity index (χ0) is 14.8. The van der Waals surface area contributed by atoms with Gasteiger partial charge in [-0.2, -0.15) is 0 Å². The van der Waals surface area contributed by atoms with Crippen molar-refractivity contribution < 1.29 is 14.7 Å². The van der Waals surface area contributed by atoms with Gasteiger partial charge in [-0.25, -0.2) is 0 Å². The molecule has 1 aromatic carbocycles. The van der Waals surface area contributed by atoms with E-state index in [9.17, 15) is 9.59 Å². The lowest BCUT2D eigenvalue weighted by atomic mass is 10.1. The fourth-order valence-electron chi connectivity index (χ4n) is 2.68. The second kappa shape index (κ2) is 5.60. The number of aromatic nitrogens is 1. The Morgan fingerprint density at radius 3 is 2.76 bits per heavy atom. The molecule has 0 atom stereocenters. The summed E-state index contributed by atoms with van der Waals surface area (Å²) in [6.07, 6.45) is 4.76. The van der Waals surface area contributed by atoms with Gasteiger partial charge in [0.05, 0.1) is 0 Å². The third-order valence-electron chi connectivity index (χ3n) is 3.90. The standard InChI is InChI=1S/C16H18N2O3/c19-15(18(10-16(20)21)12-6-7-12)8-5-11-9-17-14-4-2-1-3-13(11)14/h1-4,9,12,17H,5-8,10H2,(H,20,21). The summed E-state index contributed by atoms with van der Waals surface area (Å²) in [7, 11) is 0. The number of hydrogen-bond acceptors (Lipinski definition) is 2. The summed E-state index contributed by atoms with van der Waals surface area (Å²) in [4.78, 5) is 27.8. The van der Waals surface area contributed by atoms with Crippen LogP contribution in [0.15, 0.2) is 30.5 Å². The van der Waals surface area contributed by atoms with Crippen molar-refractivity contribution in [1.29, 1.82) is 0 Å². The molecule has 5 nitrogen and oxygen atoms in total. The van der Waals surface area contributed by atoms with Gasteiger partial charge in [0, 0.05) is 29.6 Å². The molecule has 1 aliphatic rings. The Hall–Kier alpha value is -2.30. The maximum absolute atomic E-state index is 12.2. The molecule has 0 radical (unpaired) electrons. The molecule has 0 saturated heterocycles. The van der Waals surface area contributed by atoms with Crippen molar-refractivity contribution in [3.63, 3.8) is 0 Å². The number of carboxylic acids is 1. The number of carboxylic acid groups (broad SMARTS) is 1. The molecular formula is C16H18N2O3. The zero-order valence-electron chi connectivity index (χ0n) is 11.7. The quantitative estimate of drug-likeness (QED) is 0.854. The highest BCUT2D eigenvalue weighted by Crippen LogP contribution is 2.27. The molecule has 3 rings (SSSR count). The van der Waals surface area contributed by atoms with E-state index in [0.29, 0.717) is 12.8 Å². The third kappa shape index (κ3) is 3.07. The Kier molecular flexibility index (Phi) is 3.64. The van der Waals surface area contributed by atoms with Crippen molar-refractivity contribution in [1.82, 2.24) is 9.88 Å². The Morgan fingerprint density at radius 2 is 2.05 bits per heavy atom. The van der Waals surface area contributed by atoms with Crippen LogP contribution in [-0.4, -0.2) is 39.5 Å². The maximum atomic E-state index is 12.2. The van der Waals surface area contributed by atoms with E-state index in [0.717, 1.165) is 29.3 Å². The number of para-hydroxylation sites is 1. The lowest BCUT2D eigenvalue weighted by molar-refractivity contribution is -0.144. The molecule has 1 saturated carbocycles. The lowest BCUT2D eigenvalue weighted by Gasteiger charge is -2.20. The number of benzene rings is 1. The number of carbonyl (C=O) groups excluding carboxylic acids is 1. The number of hydrogen-bond donors (Lipinski definition) is 2. The van der Waals surface area contributed by atoms with E-state index in [1.165, 1.54) is 4.90 Å². The first kappa shape index (κ1) is 13.7. The van der Waals surface area contributed by atoms with Crippen LogP contribution in [0.2, 0.25) is 0 Å². The first-order chi connectivity index (χ1) is 10.1. The van der Waals surface area contributed by atoms with Gasteiger partial charge in [-0.15, -0.1) is 0 Å². The number of aromatic amines is 1. The second-order valence-electron chi connectivity index (χ2n) is 5.51.